The lowest BCUT2D eigenvalue weighted by Gasteiger charge is -2.21. The minimum absolute atomic E-state index is 0.00728. The molecule has 2 atom stereocenters. The summed E-state index contributed by atoms with van der Waals surface area (Å²) in [5.41, 5.74) is 0.0225. The van der Waals surface area contributed by atoms with E-state index < -0.39 is 22.0 Å². The van der Waals surface area contributed by atoms with Gasteiger partial charge < -0.3 is 10.2 Å². The molecular formula is C12H17NO5S2. The van der Waals surface area contributed by atoms with Crippen molar-refractivity contribution < 1.29 is 23.4 Å². The average molecular weight is 319 g/mol. The van der Waals surface area contributed by atoms with Crippen LogP contribution < -0.4 is 4.72 Å². The summed E-state index contributed by atoms with van der Waals surface area (Å²) in [6.45, 7) is 1.53. The summed E-state index contributed by atoms with van der Waals surface area (Å²) in [6.07, 6.45) is 1.79. The lowest BCUT2D eigenvalue weighted by atomic mass is 10.2. The van der Waals surface area contributed by atoms with Crippen molar-refractivity contribution in [2.75, 3.05) is 12.9 Å². The zero-order valence-corrected chi connectivity index (χ0v) is 12.7. The number of benzene rings is 1. The number of hydrogen-bond donors (Lipinski definition) is 3. The highest BCUT2D eigenvalue weighted by Gasteiger charge is 2.23. The summed E-state index contributed by atoms with van der Waals surface area (Å²) < 4.78 is 26.7. The van der Waals surface area contributed by atoms with Gasteiger partial charge >= 0.3 is 5.97 Å². The molecule has 0 saturated heterocycles. The molecule has 1 rings (SSSR count). The first kappa shape index (κ1) is 17.0. The fourth-order valence-electron chi connectivity index (χ4n) is 1.60. The molecule has 112 valence electrons. The molecule has 0 aliphatic carbocycles. The number of nitrogens with one attached hydrogen (secondary N) is 1. The van der Waals surface area contributed by atoms with Gasteiger partial charge in [-0.05, 0) is 37.4 Å². The minimum atomic E-state index is -3.73. The molecule has 6 nitrogen and oxygen atoms in total. The van der Waals surface area contributed by atoms with Crippen LogP contribution in [-0.2, 0) is 10.0 Å². The maximum Gasteiger partial charge on any atom is 0.335 e. The van der Waals surface area contributed by atoms with Crippen molar-refractivity contribution in [3.8, 4) is 0 Å². The molecular weight excluding hydrogens is 302 g/mol. The van der Waals surface area contributed by atoms with E-state index in [1.165, 1.54) is 36.0 Å². The topological polar surface area (TPSA) is 104 Å². The minimum Gasteiger partial charge on any atom is -0.478 e. The molecule has 0 radical (unpaired) electrons. The number of hydrogen-bond acceptors (Lipinski definition) is 5. The fraction of sp³-hybridized carbons (Fsp3) is 0.417. The summed E-state index contributed by atoms with van der Waals surface area (Å²) >= 11 is 1.37. The van der Waals surface area contributed by atoms with E-state index in [1.807, 2.05) is 0 Å². The largest absolute Gasteiger partial charge is 0.478 e. The fourth-order valence-corrected chi connectivity index (χ4v) is 3.60. The second kappa shape index (κ2) is 7.07. The van der Waals surface area contributed by atoms with Gasteiger partial charge in [0.25, 0.3) is 0 Å². The molecule has 3 N–H and O–H groups in total. The quantitative estimate of drug-likeness (QED) is 0.686. The summed E-state index contributed by atoms with van der Waals surface area (Å²) in [5, 5.41) is 17.7. The highest BCUT2D eigenvalue weighted by molar-refractivity contribution is 7.99. The highest BCUT2D eigenvalue weighted by Crippen LogP contribution is 2.15. The Bertz CT molecular complexity index is 552. The van der Waals surface area contributed by atoms with Crippen molar-refractivity contribution in [1.29, 1.82) is 0 Å². The predicted octanol–water partition coefficient (Wildman–Crippen LogP) is 0.775. The maximum atomic E-state index is 12.1. The van der Waals surface area contributed by atoms with Gasteiger partial charge in [-0.2, -0.15) is 11.8 Å². The standard InChI is InChI=1S/C12H17NO5S2/c1-8(11(7-14)19-2)13-20(17,18)10-5-3-9(4-6-10)12(15)16/h3-6,8,11,13-14H,7H2,1-2H3,(H,15,16). The van der Waals surface area contributed by atoms with Crippen molar-refractivity contribution in [2.45, 2.75) is 23.1 Å². The van der Waals surface area contributed by atoms with Gasteiger partial charge in [-0.3, -0.25) is 0 Å². The van der Waals surface area contributed by atoms with Crippen LogP contribution in [0.25, 0.3) is 0 Å². The Hall–Kier alpha value is -1.09. The maximum absolute atomic E-state index is 12.1. The number of aromatic carboxylic acids is 1. The zero-order valence-electron chi connectivity index (χ0n) is 11.1. The molecule has 0 bridgehead atoms. The molecule has 8 heteroatoms. The third-order valence-corrected chi connectivity index (χ3v) is 5.53. The van der Waals surface area contributed by atoms with Crippen molar-refractivity contribution >= 4 is 27.8 Å². The number of sulfonamides is 1. The molecule has 20 heavy (non-hydrogen) atoms. The Morgan fingerprint density at radius 2 is 1.90 bits per heavy atom. The van der Waals surface area contributed by atoms with E-state index in [9.17, 15) is 13.2 Å². The van der Waals surface area contributed by atoms with Gasteiger partial charge in [-0.15, -0.1) is 0 Å². The molecule has 1 aromatic carbocycles. The SMILES string of the molecule is CSC(CO)C(C)NS(=O)(=O)c1ccc(C(=O)O)cc1. The molecule has 1 aromatic rings. The Balaban J connectivity index is 2.91. The third kappa shape index (κ3) is 4.20. The molecule has 0 fully saturated rings. The van der Waals surface area contributed by atoms with Gasteiger partial charge in [-0.1, -0.05) is 0 Å². The lowest BCUT2D eigenvalue weighted by molar-refractivity contribution is 0.0696. The molecule has 0 aromatic heterocycles. The number of carbonyl (C=O) groups is 1. The molecule has 2 unspecified atom stereocenters. The number of aliphatic hydroxyl groups is 1. The Kier molecular flexibility index (Phi) is 6.00. The number of thioether (sulfide) groups is 1. The molecule has 0 aliphatic heterocycles. The van der Waals surface area contributed by atoms with Crippen molar-refractivity contribution in [3.63, 3.8) is 0 Å². The van der Waals surface area contributed by atoms with Crippen LogP contribution in [0.1, 0.15) is 17.3 Å². The predicted molar refractivity (Wildman–Crippen MR) is 77.6 cm³/mol. The number of rotatable bonds is 7. The zero-order chi connectivity index (χ0) is 15.3. The van der Waals surface area contributed by atoms with E-state index in [0.29, 0.717) is 0 Å². The van der Waals surface area contributed by atoms with E-state index in [1.54, 1.807) is 13.2 Å². The number of carboxylic acids is 1. The van der Waals surface area contributed by atoms with Gasteiger partial charge in [0.15, 0.2) is 0 Å². The van der Waals surface area contributed by atoms with Gasteiger partial charge in [0, 0.05) is 11.3 Å². The average Bonchev–Trinajstić information content (AvgIpc) is 2.39. The van der Waals surface area contributed by atoms with Crippen LogP contribution in [0.5, 0.6) is 0 Å². The van der Waals surface area contributed by atoms with Crippen LogP contribution in [0.3, 0.4) is 0 Å². The van der Waals surface area contributed by atoms with Gasteiger partial charge in [0.1, 0.15) is 0 Å². The number of carboxylic acid groups (broad SMARTS) is 1. The second-order valence-corrected chi connectivity index (χ2v) is 6.99. The van der Waals surface area contributed by atoms with Crippen molar-refractivity contribution in [1.82, 2.24) is 4.72 Å². The Morgan fingerprint density at radius 1 is 1.35 bits per heavy atom. The van der Waals surface area contributed by atoms with E-state index in [-0.39, 0.29) is 22.3 Å². The summed E-state index contributed by atoms with van der Waals surface area (Å²) in [4.78, 5) is 10.7. The van der Waals surface area contributed by atoms with Gasteiger partial charge in [-0.25, -0.2) is 17.9 Å². The smallest absolute Gasteiger partial charge is 0.335 e. The monoisotopic (exact) mass is 319 g/mol. The van der Waals surface area contributed by atoms with Crippen LogP contribution in [0.15, 0.2) is 29.2 Å². The second-order valence-electron chi connectivity index (χ2n) is 4.20. The number of aliphatic hydroxyl groups excluding tert-OH is 1. The van der Waals surface area contributed by atoms with Crippen LogP contribution in [0, 0.1) is 0 Å². The van der Waals surface area contributed by atoms with Gasteiger partial charge in [0.05, 0.1) is 17.1 Å². The van der Waals surface area contributed by atoms with E-state index in [0.717, 1.165) is 0 Å². The van der Waals surface area contributed by atoms with Crippen LogP contribution in [0.4, 0.5) is 0 Å². The molecule has 0 saturated carbocycles. The van der Waals surface area contributed by atoms with Crippen LogP contribution >= 0.6 is 11.8 Å². The third-order valence-electron chi connectivity index (χ3n) is 2.79. The van der Waals surface area contributed by atoms with E-state index in [2.05, 4.69) is 4.72 Å². The normalized spacial score (nSPS) is 14.8. The first-order chi connectivity index (χ1) is 9.31. The van der Waals surface area contributed by atoms with Crippen molar-refractivity contribution in [3.05, 3.63) is 29.8 Å². The molecule has 0 amide bonds. The molecule has 0 aliphatic rings. The van der Waals surface area contributed by atoms with Crippen LogP contribution in [-0.4, -0.2) is 48.8 Å². The Morgan fingerprint density at radius 3 is 2.30 bits per heavy atom. The van der Waals surface area contributed by atoms with Gasteiger partial charge in [0.2, 0.25) is 10.0 Å². The van der Waals surface area contributed by atoms with E-state index in [4.69, 9.17) is 10.2 Å². The van der Waals surface area contributed by atoms with E-state index >= 15 is 0 Å². The summed E-state index contributed by atoms with van der Waals surface area (Å²) in [6, 6.07) is 4.51. The Labute approximate surface area is 122 Å². The first-order valence-corrected chi connectivity index (χ1v) is 8.58. The molecule has 0 spiro atoms. The molecule has 0 heterocycles. The summed E-state index contributed by atoms with van der Waals surface area (Å²) in [7, 11) is -3.73. The highest BCUT2D eigenvalue weighted by atomic mass is 32.2. The van der Waals surface area contributed by atoms with Crippen LogP contribution in [0.2, 0.25) is 0 Å². The lowest BCUT2D eigenvalue weighted by Crippen LogP contribution is -2.41. The summed E-state index contributed by atoms with van der Waals surface area (Å²) in [5.74, 6) is -1.11. The van der Waals surface area contributed by atoms with Crippen molar-refractivity contribution in [2.24, 2.45) is 0 Å². The first-order valence-electron chi connectivity index (χ1n) is 5.81.